The van der Waals surface area contributed by atoms with Crippen molar-refractivity contribution in [3.05, 3.63) is 46.2 Å². The summed E-state index contributed by atoms with van der Waals surface area (Å²) in [5.74, 6) is 0.979. The summed E-state index contributed by atoms with van der Waals surface area (Å²) in [4.78, 5) is 4.52. The number of thiophene rings is 1. The van der Waals surface area contributed by atoms with Gasteiger partial charge in [0.1, 0.15) is 6.07 Å². The van der Waals surface area contributed by atoms with Crippen LogP contribution >= 0.6 is 23.1 Å². The average Bonchev–Trinajstić information content (AvgIpc) is 2.91. The van der Waals surface area contributed by atoms with Gasteiger partial charge in [0, 0.05) is 16.8 Å². The van der Waals surface area contributed by atoms with Crippen molar-refractivity contribution in [3.8, 4) is 6.07 Å². The van der Waals surface area contributed by atoms with Crippen LogP contribution in [0.2, 0.25) is 0 Å². The van der Waals surface area contributed by atoms with Crippen LogP contribution in [-0.4, -0.2) is 12.8 Å². The molecule has 0 amide bonds. The first-order chi connectivity index (χ1) is 9.26. The highest BCUT2D eigenvalue weighted by Gasteiger charge is 2.12. The third-order valence-electron chi connectivity index (χ3n) is 2.80. The van der Waals surface area contributed by atoms with Crippen LogP contribution in [0.3, 0.4) is 0 Å². The predicted octanol–water partition coefficient (Wildman–Crippen LogP) is 4.37. The zero-order valence-corrected chi connectivity index (χ0v) is 12.7. The summed E-state index contributed by atoms with van der Waals surface area (Å²) >= 11 is 3.46. The van der Waals surface area contributed by atoms with Crippen molar-refractivity contribution in [2.45, 2.75) is 18.4 Å². The SMILES string of the molecule is CCSc1cccc(N(C)Cc2cccs2)c1C#N. The van der Waals surface area contributed by atoms with Gasteiger partial charge in [-0.3, -0.25) is 0 Å². The third kappa shape index (κ3) is 3.31. The molecule has 0 fully saturated rings. The topological polar surface area (TPSA) is 27.0 Å². The van der Waals surface area contributed by atoms with Gasteiger partial charge < -0.3 is 4.90 Å². The quantitative estimate of drug-likeness (QED) is 0.765. The maximum atomic E-state index is 9.41. The normalized spacial score (nSPS) is 10.2. The molecule has 4 heteroatoms. The molecule has 0 bridgehead atoms. The lowest BCUT2D eigenvalue weighted by Gasteiger charge is -2.21. The number of anilines is 1. The largest absolute Gasteiger partial charge is 0.368 e. The summed E-state index contributed by atoms with van der Waals surface area (Å²) in [5, 5.41) is 11.5. The fourth-order valence-electron chi connectivity index (χ4n) is 1.95. The highest BCUT2D eigenvalue weighted by atomic mass is 32.2. The molecule has 0 radical (unpaired) electrons. The maximum Gasteiger partial charge on any atom is 0.103 e. The van der Waals surface area contributed by atoms with E-state index in [1.807, 2.05) is 25.2 Å². The van der Waals surface area contributed by atoms with E-state index >= 15 is 0 Å². The molecule has 19 heavy (non-hydrogen) atoms. The van der Waals surface area contributed by atoms with E-state index in [0.29, 0.717) is 0 Å². The van der Waals surface area contributed by atoms with Crippen molar-refractivity contribution in [2.75, 3.05) is 17.7 Å². The van der Waals surface area contributed by atoms with E-state index in [9.17, 15) is 5.26 Å². The second-order valence-corrected chi connectivity index (χ2v) is 6.47. The molecular weight excluding hydrogens is 272 g/mol. The molecule has 98 valence electrons. The van der Waals surface area contributed by atoms with Gasteiger partial charge in [0.25, 0.3) is 0 Å². The van der Waals surface area contributed by atoms with Crippen molar-refractivity contribution < 1.29 is 0 Å². The number of thioether (sulfide) groups is 1. The molecule has 1 aromatic carbocycles. The van der Waals surface area contributed by atoms with Gasteiger partial charge in [-0.25, -0.2) is 0 Å². The Morgan fingerprint density at radius 3 is 2.79 bits per heavy atom. The number of hydrogen-bond donors (Lipinski definition) is 0. The van der Waals surface area contributed by atoms with E-state index < -0.39 is 0 Å². The molecule has 2 nitrogen and oxygen atoms in total. The highest BCUT2D eigenvalue weighted by Crippen LogP contribution is 2.30. The molecule has 0 saturated carbocycles. The van der Waals surface area contributed by atoms with Crippen LogP contribution in [0.1, 0.15) is 17.4 Å². The fourth-order valence-corrected chi connectivity index (χ4v) is 3.48. The molecule has 2 aromatic rings. The van der Waals surface area contributed by atoms with Crippen LogP contribution < -0.4 is 4.90 Å². The summed E-state index contributed by atoms with van der Waals surface area (Å²) in [6.07, 6.45) is 0. The van der Waals surface area contributed by atoms with Crippen molar-refractivity contribution in [1.29, 1.82) is 5.26 Å². The molecule has 0 saturated heterocycles. The van der Waals surface area contributed by atoms with Crippen LogP contribution in [0.25, 0.3) is 0 Å². The third-order valence-corrected chi connectivity index (χ3v) is 4.60. The van der Waals surface area contributed by atoms with E-state index in [0.717, 1.165) is 28.4 Å². The molecule has 0 aliphatic carbocycles. The fraction of sp³-hybridized carbons (Fsp3) is 0.267. The molecular formula is C15H16N2S2. The average molecular weight is 288 g/mol. The molecule has 0 atom stereocenters. The predicted molar refractivity (Wildman–Crippen MR) is 84.0 cm³/mol. The van der Waals surface area contributed by atoms with Crippen LogP contribution in [0.15, 0.2) is 40.6 Å². The van der Waals surface area contributed by atoms with Crippen LogP contribution in [0.4, 0.5) is 5.69 Å². The summed E-state index contributed by atoms with van der Waals surface area (Å²) in [6, 6.07) is 12.6. The van der Waals surface area contributed by atoms with Crippen molar-refractivity contribution in [3.63, 3.8) is 0 Å². The zero-order chi connectivity index (χ0) is 13.7. The Hall–Kier alpha value is -1.44. The first kappa shape index (κ1) is 14.0. The Morgan fingerprint density at radius 2 is 2.16 bits per heavy atom. The molecule has 0 unspecified atom stereocenters. The Kier molecular flexibility index (Phi) is 4.89. The molecule has 0 spiro atoms. The van der Waals surface area contributed by atoms with E-state index in [2.05, 4.69) is 35.4 Å². The second kappa shape index (κ2) is 6.65. The molecule has 2 rings (SSSR count). The van der Waals surface area contributed by atoms with Crippen molar-refractivity contribution in [1.82, 2.24) is 0 Å². The van der Waals surface area contributed by atoms with Crippen LogP contribution in [0.5, 0.6) is 0 Å². The van der Waals surface area contributed by atoms with E-state index in [4.69, 9.17) is 0 Å². The molecule has 0 N–H and O–H groups in total. The zero-order valence-electron chi connectivity index (χ0n) is 11.1. The lowest BCUT2D eigenvalue weighted by atomic mass is 10.1. The van der Waals surface area contributed by atoms with Crippen molar-refractivity contribution in [2.24, 2.45) is 0 Å². The first-order valence-corrected chi connectivity index (χ1v) is 8.02. The van der Waals surface area contributed by atoms with E-state index in [1.165, 1.54) is 4.88 Å². The van der Waals surface area contributed by atoms with Gasteiger partial charge in [0.2, 0.25) is 0 Å². The molecule has 0 aliphatic rings. The minimum absolute atomic E-state index is 0.786. The maximum absolute atomic E-state index is 9.41. The van der Waals surface area contributed by atoms with Gasteiger partial charge in [-0.2, -0.15) is 5.26 Å². The van der Waals surface area contributed by atoms with Crippen molar-refractivity contribution >= 4 is 28.8 Å². The van der Waals surface area contributed by atoms with E-state index in [-0.39, 0.29) is 0 Å². The Labute approximate surface area is 122 Å². The minimum atomic E-state index is 0.786. The smallest absolute Gasteiger partial charge is 0.103 e. The van der Waals surface area contributed by atoms with Crippen LogP contribution in [0, 0.1) is 11.3 Å². The van der Waals surface area contributed by atoms with Gasteiger partial charge >= 0.3 is 0 Å². The van der Waals surface area contributed by atoms with Gasteiger partial charge in [0.15, 0.2) is 0 Å². The summed E-state index contributed by atoms with van der Waals surface area (Å²) < 4.78 is 0. The second-order valence-electron chi connectivity index (χ2n) is 4.13. The first-order valence-electron chi connectivity index (χ1n) is 6.15. The summed E-state index contributed by atoms with van der Waals surface area (Å²) in [5.41, 5.74) is 1.79. The Bertz CT molecular complexity index is 570. The summed E-state index contributed by atoms with van der Waals surface area (Å²) in [7, 11) is 2.04. The lowest BCUT2D eigenvalue weighted by molar-refractivity contribution is 0.934. The lowest BCUT2D eigenvalue weighted by Crippen LogP contribution is -2.17. The van der Waals surface area contributed by atoms with E-state index in [1.54, 1.807) is 23.1 Å². The Morgan fingerprint density at radius 1 is 1.32 bits per heavy atom. The molecule has 1 heterocycles. The van der Waals surface area contributed by atoms with Gasteiger partial charge in [-0.05, 0) is 29.3 Å². The number of nitrogens with zero attached hydrogens (tertiary/aromatic N) is 2. The number of rotatable bonds is 5. The molecule has 0 aliphatic heterocycles. The van der Waals surface area contributed by atoms with Crippen LogP contribution in [-0.2, 0) is 6.54 Å². The Balaban J connectivity index is 2.28. The van der Waals surface area contributed by atoms with Gasteiger partial charge in [-0.15, -0.1) is 23.1 Å². The summed E-state index contributed by atoms with van der Waals surface area (Å²) in [6.45, 7) is 2.94. The number of benzene rings is 1. The number of hydrogen-bond acceptors (Lipinski definition) is 4. The monoisotopic (exact) mass is 288 g/mol. The van der Waals surface area contributed by atoms with Gasteiger partial charge in [-0.1, -0.05) is 19.1 Å². The van der Waals surface area contributed by atoms with Gasteiger partial charge in [0.05, 0.1) is 17.8 Å². The highest BCUT2D eigenvalue weighted by molar-refractivity contribution is 7.99. The minimum Gasteiger partial charge on any atom is -0.368 e. The standard InChI is InChI=1S/C15H16N2S2/c1-3-18-15-8-4-7-14(13(15)10-16)17(2)11-12-6-5-9-19-12/h4-9H,3,11H2,1-2H3. The molecule has 1 aromatic heterocycles. The number of nitriles is 1.